The van der Waals surface area contributed by atoms with Gasteiger partial charge < -0.3 is 9.47 Å². The van der Waals surface area contributed by atoms with Crippen LogP contribution in [0.15, 0.2) is 53.5 Å². The van der Waals surface area contributed by atoms with E-state index in [0.717, 1.165) is 42.6 Å². The summed E-state index contributed by atoms with van der Waals surface area (Å²) in [4.78, 5) is 7.12. The van der Waals surface area contributed by atoms with Crippen molar-refractivity contribution in [1.82, 2.24) is 4.90 Å². The number of nitrogens with zero attached hydrogens (tertiary/aromatic N) is 2. The fourth-order valence-electron chi connectivity index (χ4n) is 3.16. The molecule has 0 aromatic heterocycles. The number of aliphatic imine (C=N–C) groups is 1. The van der Waals surface area contributed by atoms with Gasteiger partial charge in [-0.15, -0.1) is 0 Å². The Hall–Kier alpha value is -1.98. The third kappa shape index (κ3) is 7.09. The molecule has 2 aromatic rings. The average molecular weight is 413 g/mol. The van der Waals surface area contributed by atoms with Gasteiger partial charge in [0.2, 0.25) is 0 Å². The smallest absolute Gasteiger partial charge is 0.256 e. The van der Waals surface area contributed by atoms with E-state index < -0.39 is 0 Å². The standard InChI is InChI=1S/C24H32N2O2S/c1-3-5-15-26(16-6-4-2)17-18-27-21-11-13-22(14-12-21)28-24-25-23-10-8-7-9-20(23)19-29-24/h7-14H,3-6,15-19H2,1-2H3. The maximum absolute atomic E-state index is 5.96. The van der Waals surface area contributed by atoms with Crippen LogP contribution in [0.2, 0.25) is 0 Å². The molecule has 5 heteroatoms. The SMILES string of the molecule is CCCCN(CCCC)CCOc1ccc(OC2=Nc3ccccc3CS2)cc1. The highest BCUT2D eigenvalue weighted by Crippen LogP contribution is 2.31. The van der Waals surface area contributed by atoms with Crippen molar-refractivity contribution in [1.29, 1.82) is 0 Å². The summed E-state index contributed by atoms with van der Waals surface area (Å²) in [5.41, 5.74) is 2.25. The highest BCUT2D eigenvalue weighted by atomic mass is 32.2. The summed E-state index contributed by atoms with van der Waals surface area (Å²) in [6, 6.07) is 16.0. The Kier molecular flexibility index (Phi) is 8.90. The van der Waals surface area contributed by atoms with Crippen molar-refractivity contribution >= 4 is 22.7 Å². The van der Waals surface area contributed by atoms with Crippen LogP contribution >= 0.6 is 11.8 Å². The Bertz CT molecular complexity index is 769. The Morgan fingerprint density at radius 2 is 1.59 bits per heavy atom. The largest absolute Gasteiger partial charge is 0.492 e. The lowest BCUT2D eigenvalue weighted by atomic mass is 10.2. The molecule has 0 saturated carbocycles. The summed E-state index contributed by atoms with van der Waals surface area (Å²) in [5, 5.41) is 0.694. The molecule has 0 unspecified atom stereocenters. The van der Waals surface area contributed by atoms with Crippen LogP contribution in [0.25, 0.3) is 0 Å². The average Bonchev–Trinajstić information content (AvgIpc) is 2.76. The predicted molar refractivity (Wildman–Crippen MR) is 124 cm³/mol. The molecule has 0 spiro atoms. The van der Waals surface area contributed by atoms with Gasteiger partial charge in [-0.1, -0.05) is 56.7 Å². The highest BCUT2D eigenvalue weighted by molar-refractivity contribution is 8.13. The van der Waals surface area contributed by atoms with Gasteiger partial charge in [0.15, 0.2) is 0 Å². The molecule has 1 heterocycles. The maximum Gasteiger partial charge on any atom is 0.256 e. The topological polar surface area (TPSA) is 34.1 Å². The third-order valence-electron chi connectivity index (χ3n) is 4.92. The second kappa shape index (κ2) is 11.9. The van der Waals surface area contributed by atoms with Crippen molar-refractivity contribution in [2.24, 2.45) is 4.99 Å². The first-order valence-corrected chi connectivity index (χ1v) is 11.7. The van der Waals surface area contributed by atoms with Crippen LogP contribution in [0.5, 0.6) is 11.5 Å². The minimum absolute atomic E-state index is 0.694. The van der Waals surface area contributed by atoms with Crippen LogP contribution in [0.4, 0.5) is 5.69 Å². The van der Waals surface area contributed by atoms with Crippen molar-refractivity contribution in [3.63, 3.8) is 0 Å². The van der Waals surface area contributed by atoms with E-state index >= 15 is 0 Å². The van der Waals surface area contributed by atoms with E-state index in [1.54, 1.807) is 11.8 Å². The molecule has 0 radical (unpaired) electrons. The zero-order valence-corrected chi connectivity index (χ0v) is 18.4. The number of rotatable bonds is 11. The molecule has 29 heavy (non-hydrogen) atoms. The lowest BCUT2D eigenvalue weighted by molar-refractivity contribution is 0.204. The maximum atomic E-state index is 5.96. The van der Waals surface area contributed by atoms with Gasteiger partial charge in [0.1, 0.15) is 18.1 Å². The Morgan fingerprint density at radius 1 is 0.897 bits per heavy atom. The van der Waals surface area contributed by atoms with Crippen molar-refractivity contribution in [3.05, 3.63) is 54.1 Å². The second-order valence-electron chi connectivity index (χ2n) is 7.27. The van der Waals surface area contributed by atoms with Crippen LogP contribution in [-0.2, 0) is 5.75 Å². The Balaban J connectivity index is 1.47. The molecule has 0 aliphatic carbocycles. The van der Waals surface area contributed by atoms with Crippen LogP contribution < -0.4 is 9.47 Å². The molecule has 3 rings (SSSR count). The van der Waals surface area contributed by atoms with Gasteiger partial charge in [0.25, 0.3) is 5.23 Å². The van der Waals surface area contributed by atoms with E-state index in [-0.39, 0.29) is 0 Å². The number of fused-ring (bicyclic) bond motifs is 1. The van der Waals surface area contributed by atoms with Gasteiger partial charge in [0, 0.05) is 12.3 Å². The zero-order chi connectivity index (χ0) is 20.3. The minimum Gasteiger partial charge on any atom is -0.492 e. The molecular weight excluding hydrogens is 380 g/mol. The Labute approximate surface area is 179 Å². The molecule has 0 bridgehead atoms. The normalized spacial score (nSPS) is 13.1. The summed E-state index contributed by atoms with van der Waals surface area (Å²) in [6.07, 6.45) is 4.98. The molecule has 2 aromatic carbocycles. The van der Waals surface area contributed by atoms with E-state index in [1.807, 2.05) is 42.5 Å². The lowest BCUT2D eigenvalue weighted by Crippen LogP contribution is -2.30. The van der Waals surface area contributed by atoms with Crippen molar-refractivity contribution < 1.29 is 9.47 Å². The summed E-state index contributed by atoms with van der Waals surface area (Å²) in [7, 11) is 0. The number of benzene rings is 2. The number of ether oxygens (including phenoxy) is 2. The van der Waals surface area contributed by atoms with E-state index in [2.05, 4.69) is 29.8 Å². The van der Waals surface area contributed by atoms with E-state index in [4.69, 9.17) is 9.47 Å². The summed E-state index contributed by atoms with van der Waals surface area (Å²) < 4.78 is 11.9. The van der Waals surface area contributed by atoms with Gasteiger partial charge in [-0.25, -0.2) is 4.99 Å². The van der Waals surface area contributed by atoms with E-state index in [9.17, 15) is 0 Å². The summed E-state index contributed by atoms with van der Waals surface area (Å²) in [6.45, 7) is 8.51. The van der Waals surface area contributed by atoms with Gasteiger partial charge in [-0.3, -0.25) is 4.90 Å². The third-order valence-corrected chi connectivity index (χ3v) is 5.79. The van der Waals surface area contributed by atoms with Crippen molar-refractivity contribution in [2.75, 3.05) is 26.2 Å². The van der Waals surface area contributed by atoms with Gasteiger partial charge in [-0.2, -0.15) is 0 Å². The van der Waals surface area contributed by atoms with Gasteiger partial charge in [-0.05, 0) is 61.8 Å². The zero-order valence-electron chi connectivity index (χ0n) is 17.6. The predicted octanol–water partition coefficient (Wildman–Crippen LogP) is 6.28. The molecule has 1 aliphatic rings. The van der Waals surface area contributed by atoms with E-state index in [0.29, 0.717) is 11.8 Å². The molecule has 4 nitrogen and oxygen atoms in total. The van der Waals surface area contributed by atoms with Gasteiger partial charge in [0.05, 0.1) is 5.69 Å². The fraction of sp³-hybridized carbons (Fsp3) is 0.458. The molecule has 0 amide bonds. The molecule has 156 valence electrons. The molecule has 0 fully saturated rings. The first-order chi connectivity index (χ1) is 14.3. The quantitative estimate of drug-likeness (QED) is 0.435. The fourth-order valence-corrected chi connectivity index (χ4v) is 4.00. The number of para-hydroxylation sites is 1. The lowest BCUT2D eigenvalue weighted by Gasteiger charge is -2.22. The second-order valence-corrected chi connectivity index (χ2v) is 8.19. The summed E-state index contributed by atoms with van der Waals surface area (Å²) in [5.74, 6) is 2.56. The number of hydrogen-bond donors (Lipinski definition) is 0. The molecule has 0 N–H and O–H groups in total. The number of unbranched alkanes of at least 4 members (excludes halogenated alkanes) is 2. The van der Waals surface area contributed by atoms with Crippen LogP contribution in [0.1, 0.15) is 45.1 Å². The summed E-state index contributed by atoms with van der Waals surface area (Å²) >= 11 is 1.63. The number of thioether (sulfide) groups is 1. The monoisotopic (exact) mass is 412 g/mol. The van der Waals surface area contributed by atoms with Gasteiger partial charge >= 0.3 is 0 Å². The Morgan fingerprint density at radius 3 is 2.31 bits per heavy atom. The molecule has 1 aliphatic heterocycles. The van der Waals surface area contributed by atoms with Crippen molar-refractivity contribution in [2.45, 2.75) is 45.3 Å². The van der Waals surface area contributed by atoms with Crippen molar-refractivity contribution in [3.8, 4) is 11.5 Å². The molecule has 0 saturated heterocycles. The van der Waals surface area contributed by atoms with Crippen LogP contribution in [0, 0.1) is 0 Å². The molecular formula is C24H32N2O2S. The van der Waals surface area contributed by atoms with E-state index in [1.165, 1.54) is 31.2 Å². The highest BCUT2D eigenvalue weighted by Gasteiger charge is 2.14. The van der Waals surface area contributed by atoms with Crippen LogP contribution in [-0.4, -0.2) is 36.4 Å². The molecule has 0 atom stereocenters. The first kappa shape index (κ1) is 21.7. The van der Waals surface area contributed by atoms with Crippen LogP contribution in [0.3, 0.4) is 0 Å². The minimum atomic E-state index is 0.694. The first-order valence-electron chi connectivity index (χ1n) is 10.7. The number of hydrogen-bond acceptors (Lipinski definition) is 5.